The molecule has 6 rings (SSSR count). The Morgan fingerprint density at radius 2 is 1.90 bits per heavy atom. The summed E-state index contributed by atoms with van der Waals surface area (Å²) in [5.41, 5.74) is 3.55. The molecule has 3 heteroatoms. The highest BCUT2D eigenvalue weighted by molar-refractivity contribution is 5.82. The van der Waals surface area contributed by atoms with Gasteiger partial charge in [-0.05, 0) is 109 Å². The minimum absolute atomic E-state index is 0.264. The van der Waals surface area contributed by atoms with Crippen LogP contribution in [0.1, 0.15) is 69.8 Å². The van der Waals surface area contributed by atoms with Crippen molar-refractivity contribution in [2.45, 2.75) is 75.9 Å². The minimum atomic E-state index is -0.697. The van der Waals surface area contributed by atoms with Gasteiger partial charge in [-0.2, -0.15) is 0 Å². The molecular formula is C28H33NO2. The lowest BCUT2D eigenvalue weighted by molar-refractivity contribution is 0.00367. The Labute approximate surface area is 184 Å². The Morgan fingerprint density at radius 3 is 2.81 bits per heavy atom. The predicted octanol–water partition coefficient (Wildman–Crippen LogP) is 5.68. The van der Waals surface area contributed by atoms with E-state index in [0.29, 0.717) is 30.6 Å². The van der Waals surface area contributed by atoms with Crippen LogP contribution >= 0.6 is 0 Å². The molecule has 1 aromatic heterocycles. The topological polar surface area (TPSA) is 53.4 Å². The number of pyridine rings is 1. The maximum Gasteiger partial charge on any atom is 0.0862 e. The van der Waals surface area contributed by atoms with E-state index in [-0.39, 0.29) is 11.5 Å². The molecule has 4 aliphatic carbocycles. The number of aliphatic hydroxyl groups excluding tert-OH is 1. The van der Waals surface area contributed by atoms with Crippen molar-refractivity contribution >= 4 is 10.8 Å². The van der Waals surface area contributed by atoms with E-state index < -0.39 is 5.60 Å². The Morgan fingerprint density at radius 1 is 1.03 bits per heavy atom. The predicted molar refractivity (Wildman–Crippen MR) is 124 cm³/mol. The highest BCUT2D eigenvalue weighted by atomic mass is 16.3. The van der Waals surface area contributed by atoms with E-state index in [2.05, 4.69) is 48.3 Å². The van der Waals surface area contributed by atoms with Gasteiger partial charge in [0.2, 0.25) is 0 Å². The second-order valence-corrected chi connectivity index (χ2v) is 10.9. The van der Waals surface area contributed by atoms with Crippen molar-refractivity contribution in [2.75, 3.05) is 0 Å². The van der Waals surface area contributed by atoms with Crippen molar-refractivity contribution in [2.24, 2.45) is 17.3 Å². The van der Waals surface area contributed by atoms with E-state index in [1.807, 2.05) is 12.4 Å². The molecule has 162 valence electrons. The van der Waals surface area contributed by atoms with Gasteiger partial charge in [-0.1, -0.05) is 31.2 Å². The van der Waals surface area contributed by atoms with E-state index in [0.717, 1.165) is 31.3 Å². The average Bonchev–Trinajstić information content (AvgIpc) is 3.05. The molecule has 0 aliphatic heterocycles. The summed E-state index contributed by atoms with van der Waals surface area (Å²) in [6.07, 6.45) is 15.9. The molecule has 2 saturated carbocycles. The number of aliphatic hydroxyl groups is 2. The van der Waals surface area contributed by atoms with Crippen LogP contribution in [0.5, 0.6) is 0 Å². The zero-order valence-electron chi connectivity index (χ0n) is 18.4. The number of aromatic nitrogens is 1. The van der Waals surface area contributed by atoms with Crippen LogP contribution < -0.4 is 0 Å². The van der Waals surface area contributed by atoms with Crippen LogP contribution in [0, 0.1) is 17.3 Å². The molecule has 0 bridgehead atoms. The summed E-state index contributed by atoms with van der Waals surface area (Å²) in [5.74, 6) is 1.76. The number of nitrogens with zero attached hydrogens (tertiary/aromatic N) is 1. The van der Waals surface area contributed by atoms with E-state index in [1.54, 1.807) is 0 Å². The summed E-state index contributed by atoms with van der Waals surface area (Å²) in [6.45, 7) is 2.51. The first-order valence-corrected chi connectivity index (χ1v) is 12.1. The van der Waals surface area contributed by atoms with Gasteiger partial charge in [0.05, 0.1) is 11.7 Å². The molecular weight excluding hydrogens is 382 g/mol. The highest BCUT2D eigenvalue weighted by Gasteiger charge is 2.53. The highest BCUT2D eigenvalue weighted by Crippen LogP contribution is 2.62. The number of hydrogen-bond donors (Lipinski definition) is 2. The number of fused-ring (bicyclic) bond motifs is 5. The average molecular weight is 416 g/mol. The normalized spacial score (nSPS) is 39.7. The second kappa shape index (κ2) is 7.02. The lowest BCUT2D eigenvalue weighted by atomic mass is 9.60. The summed E-state index contributed by atoms with van der Waals surface area (Å²) >= 11 is 0. The number of allylic oxidation sites excluding steroid dienone is 3. The molecule has 2 aromatic rings. The second-order valence-electron chi connectivity index (χ2n) is 10.9. The Bertz CT molecular complexity index is 1090. The molecule has 4 aliphatic rings. The molecule has 31 heavy (non-hydrogen) atoms. The number of hydrogen-bond acceptors (Lipinski definition) is 3. The van der Waals surface area contributed by atoms with Crippen LogP contribution in [-0.4, -0.2) is 26.9 Å². The third-order valence-electron chi connectivity index (χ3n) is 9.32. The van der Waals surface area contributed by atoms with Crippen molar-refractivity contribution in [3.63, 3.8) is 0 Å². The standard InChI is InChI=1S/C28H33NO2/c1-27-10-6-19-15-22-16-23(30)7-11-28(22,31)12-8-24(19)26(27)5-4-25(27)20-3-2-18-9-13-29-17-21(18)14-20/h2-3,6,9,13-15,17,23-26,30-31H,4-5,7-8,10-12,16H2,1H3/t23-,24?,25-,26+,27-,28+/m1/s1. The molecule has 3 nitrogen and oxygen atoms in total. The fourth-order valence-electron chi connectivity index (χ4n) is 7.53. The first-order valence-electron chi connectivity index (χ1n) is 12.1. The fraction of sp³-hybridized carbons (Fsp3) is 0.536. The van der Waals surface area contributed by atoms with E-state index >= 15 is 0 Å². The van der Waals surface area contributed by atoms with Gasteiger partial charge >= 0.3 is 0 Å². The van der Waals surface area contributed by atoms with Gasteiger partial charge in [-0.15, -0.1) is 0 Å². The van der Waals surface area contributed by atoms with Gasteiger partial charge < -0.3 is 10.2 Å². The van der Waals surface area contributed by atoms with Gasteiger partial charge in [-0.3, -0.25) is 4.98 Å². The maximum atomic E-state index is 11.4. The fourth-order valence-corrected chi connectivity index (χ4v) is 7.53. The van der Waals surface area contributed by atoms with Crippen molar-refractivity contribution in [3.8, 4) is 0 Å². The van der Waals surface area contributed by atoms with Crippen molar-refractivity contribution in [1.29, 1.82) is 0 Å². The summed E-state index contributed by atoms with van der Waals surface area (Å²) in [7, 11) is 0. The first kappa shape index (κ1) is 19.7. The molecule has 1 aromatic carbocycles. The number of benzene rings is 1. The molecule has 0 amide bonds. The van der Waals surface area contributed by atoms with E-state index in [1.165, 1.54) is 34.8 Å². The molecule has 0 radical (unpaired) electrons. The molecule has 1 heterocycles. The van der Waals surface area contributed by atoms with Gasteiger partial charge in [-0.25, -0.2) is 0 Å². The smallest absolute Gasteiger partial charge is 0.0862 e. The van der Waals surface area contributed by atoms with Gasteiger partial charge in [0, 0.05) is 17.8 Å². The quantitative estimate of drug-likeness (QED) is 0.630. The van der Waals surface area contributed by atoms with Gasteiger partial charge in [0.1, 0.15) is 0 Å². The zero-order valence-corrected chi connectivity index (χ0v) is 18.4. The summed E-state index contributed by atoms with van der Waals surface area (Å²) in [5, 5.41) is 24.1. The van der Waals surface area contributed by atoms with E-state index in [9.17, 15) is 10.2 Å². The Balaban J connectivity index is 1.35. The molecule has 0 spiro atoms. The lowest BCUT2D eigenvalue weighted by Crippen LogP contribution is -2.38. The third-order valence-corrected chi connectivity index (χ3v) is 9.32. The van der Waals surface area contributed by atoms with Gasteiger partial charge in [0.15, 0.2) is 0 Å². The van der Waals surface area contributed by atoms with Crippen LogP contribution in [0.2, 0.25) is 0 Å². The van der Waals surface area contributed by atoms with Crippen molar-refractivity contribution in [1.82, 2.24) is 4.98 Å². The lowest BCUT2D eigenvalue weighted by Gasteiger charge is -2.44. The van der Waals surface area contributed by atoms with Crippen molar-refractivity contribution < 1.29 is 10.2 Å². The van der Waals surface area contributed by atoms with Crippen LogP contribution in [-0.2, 0) is 0 Å². The SMILES string of the molecule is C[C@]12CC=C3C=C4C[C@H](O)CC[C@]4(O)CCC3[C@@H]1CC[C@@H]2c1ccc2ccncc2c1. The molecule has 0 saturated heterocycles. The van der Waals surface area contributed by atoms with E-state index in [4.69, 9.17) is 0 Å². The molecule has 2 N–H and O–H groups in total. The molecule has 6 atom stereocenters. The van der Waals surface area contributed by atoms with Crippen LogP contribution in [0.25, 0.3) is 10.8 Å². The van der Waals surface area contributed by atoms with Crippen molar-refractivity contribution in [3.05, 3.63) is 65.5 Å². The summed E-state index contributed by atoms with van der Waals surface area (Å²) in [6, 6.07) is 9.06. The first-order chi connectivity index (χ1) is 15.0. The Hall–Kier alpha value is -1.97. The molecule has 1 unspecified atom stereocenters. The number of rotatable bonds is 1. The summed E-state index contributed by atoms with van der Waals surface area (Å²) < 4.78 is 0. The minimum Gasteiger partial charge on any atom is -0.393 e. The van der Waals surface area contributed by atoms with Crippen LogP contribution in [0.15, 0.2) is 60.0 Å². The Kier molecular flexibility index (Phi) is 4.46. The zero-order chi connectivity index (χ0) is 21.2. The van der Waals surface area contributed by atoms with Gasteiger partial charge in [0.25, 0.3) is 0 Å². The van der Waals surface area contributed by atoms with Crippen LogP contribution in [0.3, 0.4) is 0 Å². The largest absolute Gasteiger partial charge is 0.393 e. The summed E-state index contributed by atoms with van der Waals surface area (Å²) in [4.78, 5) is 4.33. The van der Waals surface area contributed by atoms with Crippen LogP contribution in [0.4, 0.5) is 0 Å². The maximum absolute atomic E-state index is 11.4. The molecule has 2 fully saturated rings. The monoisotopic (exact) mass is 415 g/mol. The third kappa shape index (κ3) is 3.04.